The summed E-state index contributed by atoms with van der Waals surface area (Å²) in [5.74, 6) is -1.05. The summed E-state index contributed by atoms with van der Waals surface area (Å²) in [5, 5.41) is 21.0. The largest absolute Gasteiger partial charge is 0.492 e. The van der Waals surface area contributed by atoms with Crippen LogP contribution in [0.15, 0.2) is 81.8 Å². The van der Waals surface area contributed by atoms with Gasteiger partial charge in [-0.2, -0.15) is 16.8 Å². The number of hydrogen-bond acceptors (Lipinski definition) is 22. The van der Waals surface area contributed by atoms with Crippen molar-refractivity contribution in [3.63, 3.8) is 0 Å². The molecule has 0 saturated carbocycles. The number of fused-ring (bicyclic) bond motifs is 2. The molecule has 4 N–H and O–H groups in total. The number of aromatic hydroxyl groups is 2. The molecular formula is C62H94N3O23S2+. The lowest BCUT2D eigenvalue weighted by atomic mass is 9.77. The summed E-state index contributed by atoms with van der Waals surface area (Å²) in [4.78, 5) is 19.7. The first-order chi connectivity index (χ1) is 43.2. The van der Waals surface area contributed by atoms with Crippen molar-refractivity contribution >= 4 is 38.0 Å². The molecule has 506 valence electrons. The number of ether oxygens (including phenoxy) is 12. The number of aromatic nitrogens is 1. The number of anilines is 1. The van der Waals surface area contributed by atoms with Gasteiger partial charge in [-0.1, -0.05) is 32.9 Å². The Kier molecular flexibility index (Phi) is 33.4. The molecular weight excluding hydrogens is 1220 g/mol. The summed E-state index contributed by atoms with van der Waals surface area (Å²) in [5.41, 5.74) is 1.63. The van der Waals surface area contributed by atoms with E-state index in [9.17, 15) is 40.9 Å². The van der Waals surface area contributed by atoms with Gasteiger partial charge < -0.3 is 81.2 Å². The molecule has 2 aliphatic heterocycles. The fraction of sp³-hybridized carbons (Fsp3) is 0.613. The van der Waals surface area contributed by atoms with Crippen LogP contribution in [0.3, 0.4) is 0 Å². The number of benzene rings is 2. The number of carbonyl (C=O) groups excluding carboxylic acids is 1. The van der Waals surface area contributed by atoms with Gasteiger partial charge in [0.25, 0.3) is 20.2 Å². The van der Waals surface area contributed by atoms with Crippen molar-refractivity contribution in [3.8, 4) is 23.1 Å². The third-order valence-corrected chi connectivity index (χ3v) is 15.8. The van der Waals surface area contributed by atoms with Crippen LogP contribution in [0.2, 0.25) is 0 Å². The van der Waals surface area contributed by atoms with Gasteiger partial charge >= 0.3 is 5.97 Å². The highest BCUT2D eigenvalue weighted by Gasteiger charge is 2.44. The molecule has 3 aliphatic rings. The number of methoxy groups -OCH3 is 2. The van der Waals surface area contributed by atoms with Crippen LogP contribution >= 0.6 is 0 Å². The van der Waals surface area contributed by atoms with E-state index < -0.39 is 54.5 Å². The summed E-state index contributed by atoms with van der Waals surface area (Å²) >= 11 is 0. The molecule has 1 aromatic carbocycles. The van der Waals surface area contributed by atoms with Crippen molar-refractivity contribution in [1.82, 2.24) is 9.31 Å². The first-order valence-corrected chi connectivity index (χ1v) is 33.2. The van der Waals surface area contributed by atoms with Gasteiger partial charge in [-0.3, -0.25) is 9.11 Å². The molecule has 1 unspecified atom stereocenters. The van der Waals surface area contributed by atoms with Gasteiger partial charge in [0.15, 0.2) is 13.1 Å². The van der Waals surface area contributed by atoms with E-state index in [0.29, 0.717) is 192 Å². The second kappa shape index (κ2) is 39.9. The molecule has 1 aliphatic carbocycles. The van der Waals surface area contributed by atoms with Gasteiger partial charge in [0, 0.05) is 73.2 Å². The molecule has 1 atom stereocenters. The zero-order chi connectivity index (χ0) is 65.3. The maximum absolute atomic E-state index is 13.1. The van der Waals surface area contributed by atoms with Gasteiger partial charge in [0.2, 0.25) is 17.1 Å². The fourth-order valence-corrected chi connectivity index (χ4v) is 10.4. The second-order valence-corrected chi connectivity index (χ2v) is 24.9. The lowest BCUT2D eigenvalue weighted by Crippen LogP contribution is -2.36. The minimum atomic E-state index is -4.69. The Hall–Kier alpha value is -5.38. The topological polar surface area (TPSA) is 311 Å². The molecule has 1 aromatic heterocycles. The Morgan fingerprint density at radius 1 is 0.622 bits per heavy atom. The molecule has 0 bridgehead atoms. The molecule has 5 rings (SSSR count). The van der Waals surface area contributed by atoms with Crippen LogP contribution in [-0.2, 0) is 92.7 Å². The Morgan fingerprint density at radius 2 is 1.10 bits per heavy atom. The first kappa shape index (κ1) is 75.3. The van der Waals surface area contributed by atoms with Crippen LogP contribution in [-0.4, -0.2) is 232 Å². The maximum Gasteiger partial charge on any atom is 0.333 e. The summed E-state index contributed by atoms with van der Waals surface area (Å²) < 4.78 is 145. The third kappa shape index (κ3) is 26.7. The van der Waals surface area contributed by atoms with E-state index >= 15 is 0 Å². The molecule has 0 radical (unpaired) electrons. The van der Waals surface area contributed by atoms with E-state index in [1.165, 1.54) is 18.2 Å². The molecule has 26 nitrogen and oxygen atoms in total. The van der Waals surface area contributed by atoms with Gasteiger partial charge in [-0.05, 0) is 73.7 Å². The van der Waals surface area contributed by atoms with E-state index in [1.54, 1.807) is 14.2 Å². The molecule has 28 heteroatoms. The van der Waals surface area contributed by atoms with Gasteiger partial charge in [-0.25, -0.2) is 9.37 Å². The summed E-state index contributed by atoms with van der Waals surface area (Å²) in [6.45, 7) is 18.8. The van der Waals surface area contributed by atoms with Gasteiger partial charge in [0.1, 0.15) is 24.7 Å². The van der Waals surface area contributed by atoms with Crippen LogP contribution in [0.25, 0.3) is 17.4 Å². The number of carbonyl (C=O) groups is 1. The monoisotopic (exact) mass is 1310 g/mol. The van der Waals surface area contributed by atoms with Crippen molar-refractivity contribution in [3.05, 3.63) is 94.7 Å². The molecule has 2 aromatic rings. The summed E-state index contributed by atoms with van der Waals surface area (Å²) in [6, 6.07) is 14.4. The standard InChI is InChI=1S/C62H93N3O23S2/c1-61(2,3)57-46-49(10-7-11-56-62(4,19-8-12-60(68)88-65-58(66)17-18-59(65)67)53-48-51(90(72,73)74)14-16-54(53)64(56)20-9-45-89(69,70)71)52-15-13-50(47-55(52)87-57)63(21-23-77-29-31-81-37-39-85-43-41-83-35-33-79-27-25-75-5)22-24-78-30-32-82-38-40-86-44-42-84-36-34-80-28-26-76-6/h7,10-11,13-18,46-48H,8-9,12,19-45H2,1-6H3,(H3-,66,67,69,70,71,72,73,74)/p+1. The van der Waals surface area contributed by atoms with Crippen molar-refractivity contribution in [2.75, 3.05) is 190 Å². The van der Waals surface area contributed by atoms with E-state index in [0.717, 1.165) is 28.6 Å². The average molecular weight is 1310 g/mol. The molecule has 0 saturated heterocycles. The first-order valence-electron chi connectivity index (χ1n) is 30.1. The third-order valence-electron chi connectivity index (χ3n) is 14.1. The number of allylic oxidation sites excluding steroid dienone is 3. The summed E-state index contributed by atoms with van der Waals surface area (Å²) in [7, 11) is -5.81. The Balaban J connectivity index is 1.35. The highest BCUT2D eigenvalue weighted by molar-refractivity contribution is 7.86. The molecule has 0 fully saturated rings. The van der Waals surface area contributed by atoms with E-state index in [1.807, 2.05) is 75.1 Å². The minimum Gasteiger partial charge on any atom is -0.492 e. The highest BCUT2D eigenvalue weighted by atomic mass is 32.2. The predicted octanol–water partition coefficient (Wildman–Crippen LogP) is 5.15. The zero-order valence-corrected chi connectivity index (χ0v) is 54.5. The second-order valence-electron chi connectivity index (χ2n) is 21.9. The minimum absolute atomic E-state index is 0.0191. The number of nitrogens with zero attached hydrogens (tertiary/aromatic N) is 3. The Labute approximate surface area is 528 Å². The van der Waals surface area contributed by atoms with Gasteiger partial charge in [0.05, 0.1) is 149 Å². The smallest absolute Gasteiger partial charge is 0.333 e. The highest BCUT2D eigenvalue weighted by Crippen LogP contribution is 2.51. The molecule has 90 heavy (non-hydrogen) atoms. The zero-order valence-electron chi connectivity index (χ0n) is 52.8. The molecule has 0 amide bonds. The van der Waals surface area contributed by atoms with Crippen molar-refractivity contribution in [2.24, 2.45) is 0 Å². The fourth-order valence-electron chi connectivity index (χ4n) is 9.45. The van der Waals surface area contributed by atoms with E-state index in [-0.39, 0.29) is 37.1 Å². The quantitative estimate of drug-likeness (QED) is 0.0252. The molecule has 3 heterocycles. The number of hydrogen-bond donors (Lipinski definition) is 4. The Bertz CT molecular complexity index is 3030. The summed E-state index contributed by atoms with van der Waals surface area (Å²) in [6.07, 6.45) is 5.70. The predicted molar refractivity (Wildman–Crippen MR) is 333 cm³/mol. The van der Waals surface area contributed by atoms with Crippen molar-refractivity contribution < 1.29 is 107 Å². The lowest BCUT2D eigenvalue weighted by molar-refractivity contribution is -0.145. The lowest BCUT2D eigenvalue weighted by Gasteiger charge is -2.30. The van der Waals surface area contributed by atoms with E-state index in [2.05, 4.69) is 4.58 Å². The maximum atomic E-state index is 13.1. The van der Waals surface area contributed by atoms with Crippen LogP contribution in [0.5, 0.6) is 11.8 Å². The van der Waals surface area contributed by atoms with E-state index in [4.69, 9.17) is 66.1 Å². The number of rotatable bonds is 48. The van der Waals surface area contributed by atoms with Crippen LogP contribution in [0, 0.1) is 0 Å². The van der Waals surface area contributed by atoms with Crippen LogP contribution in [0.1, 0.15) is 70.3 Å². The average Bonchev–Trinajstić information content (AvgIpc) is 1.57. The Morgan fingerprint density at radius 3 is 1.56 bits per heavy atom. The van der Waals surface area contributed by atoms with Crippen molar-refractivity contribution in [2.45, 2.75) is 69.1 Å². The van der Waals surface area contributed by atoms with Crippen molar-refractivity contribution in [1.29, 1.82) is 0 Å². The van der Waals surface area contributed by atoms with Crippen LogP contribution < -0.4 is 19.7 Å². The van der Waals surface area contributed by atoms with Crippen LogP contribution in [0.4, 0.5) is 5.69 Å². The molecule has 0 spiro atoms. The SMILES string of the molecule is COCCOCCOCCOCCOCCOCC[N+](CCOCCOCCOCCOCCOCCOC)=c1ccc2c(C=CC=C3N(CCCS(=O)(=O)O)c4ccc(S(=O)(=O)O)cc4C3(C)CCCC(=O)On3c(O)ccc3O)cc(C(C)(C)C)oc-2c1. The van der Waals surface area contributed by atoms with Gasteiger partial charge in [-0.15, -0.1) is 4.73 Å². The normalized spacial score (nSPS) is 15.1.